The van der Waals surface area contributed by atoms with Crippen LogP contribution in [0.5, 0.6) is 11.5 Å². The van der Waals surface area contributed by atoms with Crippen LogP contribution >= 0.6 is 0 Å². The van der Waals surface area contributed by atoms with E-state index in [1.54, 1.807) is 24.3 Å². The zero-order chi connectivity index (χ0) is 19.8. The van der Waals surface area contributed by atoms with E-state index in [9.17, 15) is 23.7 Å². The van der Waals surface area contributed by atoms with Gasteiger partial charge in [-0.25, -0.2) is 0 Å². The zero-order valence-corrected chi connectivity index (χ0v) is 14.1. The van der Waals surface area contributed by atoms with Crippen molar-refractivity contribution >= 4 is 5.97 Å². The lowest BCUT2D eigenvalue weighted by molar-refractivity contribution is -0.483. The van der Waals surface area contributed by atoms with Crippen LogP contribution in [0, 0.1) is 10.1 Å². The van der Waals surface area contributed by atoms with Gasteiger partial charge >= 0.3 is 12.6 Å². The van der Waals surface area contributed by atoms with Gasteiger partial charge in [0.15, 0.2) is 11.5 Å². The fraction of sp³-hybridized carbons (Fsp3) is 0.278. The van der Waals surface area contributed by atoms with Crippen LogP contribution in [0.15, 0.2) is 48.5 Å². The molecule has 27 heavy (non-hydrogen) atoms. The van der Waals surface area contributed by atoms with E-state index in [1.807, 2.05) is 6.07 Å². The Morgan fingerprint density at radius 2 is 1.85 bits per heavy atom. The van der Waals surface area contributed by atoms with Crippen molar-refractivity contribution in [1.82, 2.24) is 0 Å². The summed E-state index contributed by atoms with van der Waals surface area (Å²) >= 11 is 0. The van der Waals surface area contributed by atoms with Crippen LogP contribution in [0.25, 0.3) is 0 Å². The van der Waals surface area contributed by atoms with Crippen LogP contribution in [0.1, 0.15) is 23.5 Å². The number of benzene rings is 2. The minimum atomic E-state index is -3.08. The molecule has 0 aliphatic carbocycles. The summed E-state index contributed by atoms with van der Waals surface area (Å²) in [5, 5.41) is 19.8. The first-order chi connectivity index (χ1) is 12.8. The molecular formula is C18H17F2NO6. The molecule has 7 nitrogen and oxygen atoms in total. The van der Waals surface area contributed by atoms with Gasteiger partial charge < -0.3 is 14.6 Å². The summed E-state index contributed by atoms with van der Waals surface area (Å²) in [6.07, 6.45) is -0.478. The van der Waals surface area contributed by atoms with E-state index >= 15 is 0 Å². The number of nitrogens with zero attached hydrogens (tertiary/aromatic N) is 1. The van der Waals surface area contributed by atoms with E-state index in [1.165, 1.54) is 18.2 Å². The maximum Gasteiger partial charge on any atom is 0.387 e. The van der Waals surface area contributed by atoms with Crippen molar-refractivity contribution in [3.63, 3.8) is 0 Å². The van der Waals surface area contributed by atoms with Crippen molar-refractivity contribution < 1.29 is 33.1 Å². The smallest absolute Gasteiger partial charge is 0.387 e. The summed E-state index contributed by atoms with van der Waals surface area (Å²) in [5.41, 5.74) is 1.07. The third kappa shape index (κ3) is 6.53. The van der Waals surface area contributed by atoms with E-state index in [2.05, 4.69) is 4.74 Å². The fourth-order valence-corrected chi connectivity index (χ4v) is 2.50. The lowest BCUT2D eigenvalue weighted by Gasteiger charge is -2.16. The normalized spacial score (nSPS) is 11.8. The minimum Gasteiger partial charge on any atom is -0.485 e. The van der Waals surface area contributed by atoms with Crippen molar-refractivity contribution in [3.05, 3.63) is 69.8 Å². The largest absolute Gasteiger partial charge is 0.485 e. The average Bonchev–Trinajstić information content (AvgIpc) is 2.60. The van der Waals surface area contributed by atoms with Crippen LogP contribution in [0.4, 0.5) is 8.78 Å². The monoisotopic (exact) mass is 381 g/mol. The van der Waals surface area contributed by atoms with Gasteiger partial charge in [-0.2, -0.15) is 8.78 Å². The molecule has 2 rings (SSSR count). The number of aliphatic carboxylic acids is 1. The minimum absolute atomic E-state index is 0.0459. The number of hydrogen-bond donors (Lipinski definition) is 1. The zero-order valence-electron chi connectivity index (χ0n) is 14.1. The van der Waals surface area contributed by atoms with E-state index < -0.39 is 36.4 Å². The number of ether oxygens (including phenoxy) is 2. The highest BCUT2D eigenvalue weighted by Gasteiger charge is 2.23. The first kappa shape index (κ1) is 20.1. The second-order valence-electron chi connectivity index (χ2n) is 5.67. The number of rotatable bonds is 10. The van der Waals surface area contributed by atoms with Crippen molar-refractivity contribution in [2.24, 2.45) is 0 Å². The molecule has 0 radical (unpaired) electrons. The first-order valence-electron chi connectivity index (χ1n) is 7.94. The second-order valence-corrected chi connectivity index (χ2v) is 5.67. The van der Waals surface area contributed by atoms with Crippen molar-refractivity contribution in [2.45, 2.75) is 25.6 Å². The second kappa shape index (κ2) is 9.46. The summed E-state index contributed by atoms with van der Waals surface area (Å²) in [6, 6.07) is 12.7. The molecule has 0 saturated carbocycles. The highest BCUT2D eigenvalue weighted by molar-refractivity contribution is 5.68. The van der Waals surface area contributed by atoms with Crippen LogP contribution in [0.3, 0.4) is 0 Å². The number of carbonyl (C=O) groups is 1. The van der Waals surface area contributed by atoms with Gasteiger partial charge in [0.2, 0.25) is 6.54 Å². The van der Waals surface area contributed by atoms with E-state index in [0.717, 1.165) is 5.56 Å². The molecule has 0 heterocycles. The standard InChI is InChI=1S/C18H17F2NO6/c19-18(20)27-15-7-6-13(14(9-17(22)23)10-21(24)25)8-16(15)26-11-12-4-2-1-3-5-12/h1-8,14,18H,9-11H2,(H,22,23). The van der Waals surface area contributed by atoms with E-state index in [4.69, 9.17) is 9.84 Å². The Labute approximate surface area is 153 Å². The molecule has 0 aliphatic rings. The summed E-state index contributed by atoms with van der Waals surface area (Å²) in [6.45, 7) is -3.63. The fourth-order valence-electron chi connectivity index (χ4n) is 2.50. The number of alkyl halides is 2. The molecule has 1 unspecified atom stereocenters. The molecule has 1 atom stereocenters. The van der Waals surface area contributed by atoms with Crippen molar-refractivity contribution in [3.8, 4) is 11.5 Å². The Balaban J connectivity index is 2.30. The molecule has 144 valence electrons. The molecule has 0 spiro atoms. The van der Waals surface area contributed by atoms with Crippen LogP contribution < -0.4 is 9.47 Å². The van der Waals surface area contributed by atoms with Gasteiger partial charge in [-0.15, -0.1) is 0 Å². The molecule has 2 aromatic rings. The number of hydrogen-bond acceptors (Lipinski definition) is 5. The van der Waals surface area contributed by atoms with Gasteiger partial charge in [0.05, 0.1) is 12.3 Å². The molecule has 0 aliphatic heterocycles. The quantitative estimate of drug-likeness (QED) is 0.498. The molecule has 0 bridgehead atoms. The van der Waals surface area contributed by atoms with Gasteiger partial charge in [0, 0.05) is 4.92 Å². The SMILES string of the molecule is O=C(O)CC(C[N+](=O)[O-])c1ccc(OC(F)F)c(OCc2ccccc2)c1. The van der Waals surface area contributed by atoms with Gasteiger partial charge in [0.25, 0.3) is 0 Å². The third-order valence-electron chi connectivity index (χ3n) is 3.68. The van der Waals surface area contributed by atoms with E-state index in [-0.39, 0.29) is 18.1 Å². The maximum atomic E-state index is 12.6. The molecule has 0 aromatic heterocycles. The van der Waals surface area contributed by atoms with Crippen LogP contribution in [-0.2, 0) is 11.4 Å². The highest BCUT2D eigenvalue weighted by atomic mass is 19.3. The van der Waals surface area contributed by atoms with Crippen molar-refractivity contribution in [1.29, 1.82) is 0 Å². The Hall–Kier alpha value is -3.23. The van der Waals surface area contributed by atoms with E-state index in [0.29, 0.717) is 5.56 Å². The van der Waals surface area contributed by atoms with Gasteiger partial charge in [-0.1, -0.05) is 36.4 Å². The summed E-state index contributed by atoms with van der Waals surface area (Å²) in [4.78, 5) is 21.2. The molecule has 0 fully saturated rings. The lowest BCUT2D eigenvalue weighted by Crippen LogP contribution is -2.16. The first-order valence-corrected chi connectivity index (χ1v) is 7.94. The van der Waals surface area contributed by atoms with Gasteiger partial charge in [-0.05, 0) is 23.3 Å². The highest BCUT2D eigenvalue weighted by Crippen LogP contribution is 2.34. The Kier molecular flexibility index (Phi) is 7.04. The molecule has 0 saturated heterocycles. The Morgan fingerprint density at radius 1 is 1.15 bits per heavy atom. The Morgan fingerprint density at radius 3 is 2.44 bits per heavy atom. The topological polar surface area (TPSA) is 98.9 Å². The molecule has 2 aromatic carbocycles. The average molecular weight is 381 g/mol. The molecule has 9 heteroatoms. The third-order valence-corrected chi connectivity index (χ3v) is 3.68. The number of halogens is 2. The Bertz CT molecular complexity index is 769. The van der Waals surface area contributed by atoms with Gasteiger partial charge in [-0.3, -0.25) is 14.9 Å². The van der Waals surface area contributed by atoms with Crippen molar-refractivity contribution in [2.75, 3.05) is 6.54 Å². The predicted octanol–water partition coefficient (Wildman–Crippen LogP) is 3.70. The number of nitro groups is 1. The molecule has 0 amide bonds. The predicted molar refractivity (Wildman–Crippen MR) is 90.7 cm³/mol. The summed E-state index contributed by atoms with van der Waals surface area (Å²) in [5.74, 6) is -2.42. The van der Waals surface area contributed by atoms with Crippen LogP contribution in [0.2, 0.25) is 0 Å². The summed E-state index contributed by atoms with van der Waals surface area (Å²) in [7, 11) is 0. The maximum absolute atomic E-state index is 12.6. The van der Waals surface area contributed by atoms with Gasteiger partial charge in [0.1, 0.15) is 6.61 Å². The molecular weight excluding hydrogens is 364 g/mol. The molecule has 1 N–H and O–H groups in total. The lowest BCUT2D eigenvalue weighted by atomic mass is 9.95. The summed E-state index contributed by atoms with van der Waals surface area (Å²) < 4.78 is 35.2. The number of carboxylic acid groups (broad SMARTS) is 1. The number of carboxylic acids is 1. The van der Waals surface area contributed by atoms with Crippen LogP contribution in [-0.4, -0.2) is 29.2 Å².